The molecule has 2 aliphatic heterocycles. The van der Waals surface area contributed by atoms with E-state index in [4.69, 9.17) is 9.47 Å². The van der Waals surface area contributed by atoms with Crippen LogP contribution in [0.4, 0.5) is 0 Å². The third kappa shape index (κ3) is 4.15. The van der Waals surface area contributed by atoms with Gasteiger partial charge in [-0.1, -0.05) is 37.3 Å². The second-order valence-electron chi connectivity index (χ2n) is 7.94. The Balaban J connectivity index is 1.40. The minimum atomic E-state index is -3.66. The molecule has 0 spiro atoms. The third-order valence-electron chi connectivity index (χ3n) is 5.82. The zero-order valence-electron chi connectivity index (χ0n) is 17.0. The predicted molar refractivity (Wildman–Crippen MR) is 112 cm³/mol. The maximum atomic E-state index is 13.1. The molecule has 0 unspecified atom stereocenters. The Morgan fingerprint density at radius 3 is 2.40 bits per heavy atom. The number of nitrogens with one attached hydrogen (secondary N) is 1. The van der Waals surface area contributed by atoms with Crippen LogP contribution in [0.3, 0.4) is 0 Å². The number of rotatable bonds is 5. The van der Waals surface area contributed by atoms with Crippen molar-refractivity contribution in [3.8, 4) is 11.5 Å². The second-order valence-corrected chi connectivity index (χ2v) is 9.88. The number of piperidine rings is 1. The lowest BCUT2D eigenvalue weighted by Crippen LogP contribution is -2.48. The van der Waals surface area contributed by atoms with Gasteiger partial charge in [0.15, 0.2) is 11.5 Å². The van der Waals surface area contributed by atoms with Crippen molar-refractivity contribution in [3.63, 3.8) is 0 Å². The average Bonchev–Trinajstić information content (AvgIpc) is 2.78. The maximum Gasteiger partial charge on any atom is 0.243 e. The molecule has 8 heteroatoms. The van der Waals surface area contributed by atoms with Crippen LogP contribution >= 0.6 is 0 Å². The first-order valence-electron chi connectivity index (χ1n) is 10.1. The number of hydrogen-bond acceptors (Lipinski definition) is 5. The summed E-state index contributed by atoms with van der Waals surface area (Å²) in [7, 11) is -3.66. The molecular weight excluding hydrogens is 404 g/mol. The van der Waals surface area contributed by atoms with Gasteiger partial charge in [-0.05, 0) is 30.5 Å². The van der Waals surface area contributed by atoms with E-state index in [0.717, 1.165) is 5.56 Å². The second kappa shape index (κ2) is 8.28. The van der Waals surface area contributed by atoms with E-state index in [0.29, 0.717) is 57.2 Å². The highest BCUT2D eigenvalue weighted by molar-refractivity contribution is 7.89. The highest BCUT2D eigenvalue weighted by atomic mass is 32.2. The highest BCUT2D eigenvalue weighted by Gasteiger charge is 2.40. The number of ether oxygens (including phenoxy) is 2. The number of fused-ring (bicyclic) bond motifs is 1. The fraction of sp³-hybridized carbons (Fsp3) is 0.409. The van der Waals surface area contributed by atoms with E-state index in [1.54, 1.807) is 12.1 Å². The van der Waals surface area contributed by atoms with Gasteiger partial charge in [-0.25, -0.2) is 8.42 Å². The lowest BCUT2D eigenvalue weighted by atomic mass is 9.80. The van der Waals surface area contributed by atoms with Gasteiger partial charge in [0.2, 0.25) is 15.9 Å². The summed E-state index contributed by atoms with van der Waals surface area (Å²) in [6.07, 6.45) is 0.939. The Morgan fingerprint density at radius 1 is 1.03 bits per heavy atom. The maximum absolute atomic E-state index is 13.1. The van der Waals surface area contributed by atoms with Crippen molar-refractivity contribution in [2.75, 3.05) is 26.3 Å². The number of amides is 1. The van der Waals surface area contributed by atoms with E-state index < -0.39 is 15.4 Å². The van der Waals surface area contributed by atoms with Crippen LogP contribution in [0.2, 0.25) is 0 Å². The van der Waals surface area contributed by atoms with E-state index in [-0.39, 0.29) is 10.8 Å². The van der Waals surface area contributed by atoms with Crippen LogP contribution in [0.1, 0.15) is 25.3 Å². The van der Waals surface area contributed by atoms with Crippen molar-refractivity contribution in [3.05, 3.63) is 54.1 Å². The molecule has 1 amide bonds. The van der Waals surface area contributed by atoms with Crippen LogP contribution in [-0.2, 0) is 21.4 Å². The molecule has 0 bridgehead atoms. The van der Waals surface area contributed by atoms with E-state index in [1.807, 2.05) is 37.3 Å². The summed E-state index contributed by atoms with van der Waals surface area (Å²) in [6, 6.07) is 14.4. The molecule has 1 N–H and O–H groups in total. The molecule has 2 aromatic rings. The van der Waals surface area contributed by atoms with Crippen molar-refractivity contribution in [1.82, 2.24) is 9.62 Å². The average molecular weight is 431 g/mol. The number of carbonyl (C=O) groups is 1. The molecule has 160 valence electrons. The SMILES string of the molecule is CC1(C(=O)NCc2ccccc2)CCN(S(=O)(=O)c2ccc3c(c2)OCCO3)CC1. The Morgan fingerprint density at radius 2 is 1.70 bits per heavy atom. The quantitative estimate of drug-likeness (QED) is 0.788. The third-order valence-corrected chi connectivity index (χ3v) is 7.72. The molecule has 0 aliphatic carbocycles. The minimum absolute atomic E-state index is 0.0391. The predicted octanol–water partition coefficient (Wildman–Crippen LogP) is 2.57. The van der Waals surface area contributed by atoms with E-state index in [1.165, 1.54) is 10.4 Å². The summed E-state index contributed by atoms with van der Waals surface area (Å²) in [6.45, 7) is 3.82. The molecule has 1 saturated heterocycles. The summed E-state index contributed by atoms with van der Waals surface area (Å²) in [5.41, 5.74) is 0.446. The highest BCUT2D eigenvalue weighted by Crippen LogP contribution is 2.36. The van der Waals surface area contributed by atoms with Gasteiger partial charge in [0.25, 0.3) is 0 Å². The summed E-state index contributed by atoms with van der Waals surface area (Å²) in [5.74, 6) is 0.966. The largest absolute Gasteiger partial charge is 0.486 e. The molecule has 30 heavy (non-hydrogen) atoms. The Bertz CT molecular complexity index is 1020. The van der Waals surface area contributed by atoms with Gasteiger partial charge in [-0.2, -0.15) is 4.31 Å². The van der Waals surface area contributed by atoms with Crippen LogP contribution in [0.5, 0.6) is 11.5 Å². The number of sulfonamides is 1. The molecular formula is C22H26N2O5S. The van der Waals surface area contributed by atoms with Gasteiger partial charge in [-0.3, -0.25) is 4.79 Å². The molecule has 0 atom stereocenters. The summed E-state index contributed by atoms with van der Waals surface area (Å²) >= 11 is 0. The van der Waals surface area contributed by atoms with Crippen molar-refractivity contribution < 1.29 is 22.7 Å². The van der Waals surface area contributed by atoms with Crippen LogP contribution in [0.15, 0.2) is 53.4 Å². The van der Waals surface area contributed by atoms with E-state index in [2.05, 4.69) is 5.32 Å². The van der Waals surface area contributed by atoms with Crippen LogP contribution in [-0.4, -0.2) is 44.9 Å². The summed E-state index contributed by atoms with van der Waals surface area (Å²) in [4.78, 5) is 13.0. The fourth-order valence-electron chi connectivity index (χ4n) is 3.77. The first-order valence-corrected chi connectivity index (χ1v) is 11.5. The molecule has 2 aliphatic rings. The molecule has 1 fully saturated rings. The molecule has 0 saturated carbocycles. The molecule has 2 heterocycles. The van der Waals surface area contributed by atoms with Crippen LogP contribution in [0.25, 0.3) is 0 Å². The van der Waals surface area contributed by atoms with Crippen molar-refractivity contribution in [2.45, 2.75) is 31.2 Å². The normalized spacial score (nSPS) is 18.6. The molecule has 0 radical (unpaired) electrons. The lowest BCUT2D eigenvalue weighted by molar-refractivity contribution is -0.132. The van der Waals surface area contributed by atoms with Gasteiger partial charge in [0.05, 0.1) is 4.90 Å². The van der Waals surface area contributed by atoms with Crippen molar-refractivity contribution >= 4 is 15.9 Å². The Labute approximate surface area is 177 Å². The van der Waals surface area contributed by atoms with Crippen molar-refractivity contribution in [2.24, 2.45) is 5.41 Å². The number of nitrogens with zero attached hydrogens (tertiary/aromatic N) is 1. The number of carbonyl (C=O) groups excluding carboxylic acids is 1. The topological polar surface area (TPSA) is 84.9 Å². The zero-order valence-corrected chi connectivity index (χ0v) is 17.8. The van der Waals surface area contributed by atoms with Gasteiger partial charge in [0.1, 0.15) is 13.2 Å². The first kappa shape index (κ1) is 20.7. The standard InChI is InChI=1S/C22H26N2O5S/c1-22(21(25)23-16-17-5-3-2-4-6-17)9-11-24(12-10-22)30(26,27)18-7-8-19-20(15-18)29-14-13-28-19/h2-8,15H,9-14,16H2,1H3,(H,23,25). The number of hydrogen-bond donors (Lipinski definition) is 1. The molecule has 0 aromatic heterocycles. The molecule has 7 nitrogen and oxygen atoms in total. The zero-order chi connectivity index (χ0) is 21.2. The molecule has 2 aromatic carbocycles. The van der Waals surface area contributed by atoms with Gasteiger partial charge in [-0.15, -0.1) is 0 Å². The smallest absolute Gasteiger partial charge is 0.243 e. The fourth-order valence-corrected chi connectivity index (χ4v) is 5.23. The lowest BCUT2D eigenvalue weighted by Gasteiger charge is -2.37. The Hall–Kier alpha value is -2.58. The van der Waals surface area contributed by atoms with E-state index >= 15 is 0 Å². The van der Waals surface area contributed by atoms with Crippen LogP contribution in [0, 0.1) is 5.41 Å². The van der Waals surface area contributed by atoms with Crippen LogP contribution < -0.4 is 14.8 Å². The summed E-state index contributed by atoms with van der Waals surface area (Å²) in [5, 5.41) is 2.99. The van der Waals surface area contributed by atoms with Gasteiger partial charge in [0, 0.05) is 31.1 Å². The summed E-state index contributed by atoms with van der Waals surface area (Å²) < 4.78 is 38.6. The number of benzene rings is 2. The van der Waals surface area contributed by atoms with Gasteiger partial charge >= 0.3 is 0 Å². The first-order chi connectivity index (χ1) is 14.4. The minimum Gasteiger partial charge on any atom is -0.486 e. The van der Waals surface area contributed by atoms with Crippen molar-refractivity contribution in [1.29, 1.82) is 0 Å². The molecule has 4 rings (SSSR count). The Kier molecular flexibility index (Phi) is 5.71. The van der Waals surface area contributed by atoms with Gasteiger partial charge < -0.3 is 14.8 Å². The van der Waals surface area contributed by atoms with E-state index in [9.17, 15) is 13.2 Å². The monoisotopic (exact) mass is 430 g/mol.